The molecule has 1 heterocycles. The van der Waals surface area contributed by atoms with E-state index in [2.05, 4.69) is 32.6 Å². The molecular weight excluding hydrogens is 335 g/mol. The van der Waals surface area contributed by atoms with Crippen molar-refractivity contribution >= 4 is 24.0 Å². The lowest BCUT2D eigenvalue weighted by Gasteiger charge is -2.28. The van der Waals surface area contributed by atoms with E-state index in [1.165, 1.54) is 5.57 Å². The fraction of sp³-hybridized carbons (Fsp3) is 0.304. The third-order valence-corrected chi connectivity index (χ3v) is 5.18. The van der Waals surface area contributed by atoms with Gasteiger partial charge in [-0.2, -0.15) is 0 Å². The second-order valence-corrected chi connectivity index (χ2v) is 7.18. The average Bonchev–Trinajstić information content (AvgIpc) is 2.68. The lowest BCUT2D eigenvalue weighted by atomic mass is 9.77. The van der Waals surface area contributed by atoms with Crippen LogP contribution < -0.4 is 0 Å². The molecule has 3 nitrogen and oxygen atoms in total. The molecule has 0 bridgehead atoms. The molecule has 3 rings (SSSR count). The number of aromatic hydroxyl groups is 1. The molecule has 1 atom stereocenters. The predicted octanol–water partition coefficient (Wildman–Crippen LogP) is 5.50. The van der Waals surface area contributed by atoms with E-state index in [1.807, 2.05) is 30.3 Å². The zero-order valence-corrected chi connectivity index (χ0v) is 16.1. The normalized spacial score (nSPS) is 17.9. The summed E-state index contributed by atoms with van der Waals surface area (Å²) in [5.41, 5.74) is 4.54. The van der Waals surface area contributed by atoms with Gasteiger partial charge >= 0.3 is 7.12 Å². The first-order valence-electron chi connectivity index (χ1n) is 9.59. The Morgan fingerprint density at radius 3 is 2.74 bits per heavy atom. The molecular formula is C23H27BO3. The number of phenols is 1. The third kappa shape index (κ3) is 4.52. The Kier molecular flexibility index (Phi) is 6.20. The van der Waals surface area contributed by atoms with E-state index < -0.39 is 7.12 Å². The van der Waals surface area contributed by atoms with Gasteiger partial charge in [-0.1, -0.05) is 67.1 Å². The van der Waals surface area contributed by atoms with Gasteiger partial charge in [-0.3, -0.25) is 0 Å². The summed E-state index contributed by atoms with van der Waals surface area (Å²) in [6.45, 7) is 8.34. The average molecular weight is 362 g/mol. The van der Waals surface area contributed by atoms with E-state index in [9.17, 15) is 10.1 Å². The van der Waals surface area contributed by atoms with Crippen molar-refractivity contribution in [3.05, 3.63) is 71.3 Å². The summed E-state index contributed by atoms with van der Waals surface area (Å²) in [5.74, 6) is 0.304. The molecule has 2 N–H and O–H groups in total. The van der Waals surface area contributed by atoms with Crippen LogP contribution >= 0.6 is 0 Å². The first kappa shape index (κ1) is 19.5. The molecule has 0 aromatic heterocycles. The van der Waals surface area contributed by atoms with Crippen LogP contribution in [0.2, 0.25) is 6.32 Å². The maximum absolute atomic E-state index is 10.1. The maximum Gasteiger partial charge on any atom is 0.458 e. The van der Waals surface area contributed by atoms with Gasteiger partial charge < -0.3 is 14.8 Å². The van der Waals surface area contributed by atoms with Crippen molar-refractivity contribution in [3.8, 4) is 5.75 Å². The molecule has 0 amide bonds. The van der Waals surface area contributed by atoms with Gasteiger partial charge in [0.25, 0.3) is 0 Å². The van der Waals surface area contributed by atoms with Crippen LogP contribution in [0.1, 0.15) is 38.7 Å². The van der Waals surface area contributed by atoms with Crippen LogP contribution in [0.15, 0.2) is 65.8 Å². The maximum atomic E-state index is 10.1. The fourth-order valence-electron chi connectivity index (χ4n) is 3.61. The van der Waals surface area contributed by atoms with E-state index >= 15 is 0 Å². The second-order valence-electron chi connectivity index (χ2n) is 7.18. The molecule has 27 heavy (non-hydrogen) atoms. The molecule has 1 aliphatic rings. The molecule has 2 aromatic rings. The molecule has 1 aliphatic heterocycles. The van der Waals surface area contributed by atoms with E-state index in [-0.39, 0.29) is 6.10 Å². The van der Waals surface area contributed by atoms with Crippen molar-refractivity contribution in [3.63, 3.8) is 0 Å². The number of hydrogen-bond acceptors (Lipinski definition) is 3. The first-order chi connectivity index (χ1) is 13.0. The minimum absolute atomic E-state index is 0.110. The van der Waals surface area contributed by atoms with Gasteiger partial charge in [0.05, 0.1) is 6.10 Å². The van der Waals surface area contributed by atoms with Crippen molar-refractivity contribution in [1.29, 1.82) is 0 Å². The summed E-state index contributed by atoms with van der Waals surface area (Å²) in [6.07, 6.45) is 7.20. The van der Waals surface area contributed by atoms with Crippen molar-refractivity contribution in [2.75, 3.05) is 0 Å². The predicted molar refractivity (Wildman–Crippen MR) is 114 cm³/mol. The Labute approximate surface area is 161 Å². The number of phenolic OH excluding ortho intramolecular Hbond substituents is 1. The van der Waals surface area contributed by atoms with Gasteiger partial charge in [0, 0.05) is 11.7 Å². The van der Waals surface area contributed by atoms with Crippen LogP contribution in [-0.4, -0.2) is 23.4 Å². The second kappa shape index (κ2) is 8.60. The molecule has 0 aliphatic carbocycles. The molecule has 1 unspecified atom stereocenters. The van der Waals surface area contributed by atoms with E-state index in [0.29, 0.717) is 12.1 Å². The summed E-state index contributed by atoms with van der Waals surface area (Å²) in [5, 5.41) is 21.8. The Balaban J connectivity index is 1.77. The van der Waals surface area contributed by atoms with Crippen LogP contribution in [0.3, 0.4) is 0 Å². The van der Waals surface area contributed by atoms with Crippen molar-refractivity contribution < 1.29 is 14.8 Å². The van der Waals surface area contributed by atoms with E-state index in [4.69, 9.17) is 4.65 Å². The van der Waals surface area contributed by atoms with E-state index in [1.54, 1.807) is 6.07 Å². The topological polar surface area (TPSA) is 49.7 Å². The van der Waals surface area contributed by atoms with E-state index in [0.717, 1.165) is 46.7 Å². The Hall–Kier alpha value is -2.30. The van der Waals surface area contributed by atoms with Gasteiger partial charge in [0.1, 0.15) is 5.75 Å². The third-order valence-electron chi connectivity index (χ3n) is 5.18. The van der Waals surface area contributed by atoms with Gasteiger partial charge in [0.15, 0.2) is 0 Å². The van der Waals surface area contributed by atoms with Crippen LogP contribution in [0.4, 0.5) is 0 Å². The highest BCUT2D eigenvalue weighted by Crippen LogP contribution is 2.31. The van der Waals surface area contributed by atoms with Crippen molar-refractivity contribution in [2.45, 2.75) is 45.5 Å². The van der Waals surface area contributed by atoms with Gasteiger partial charge in [-0.25, -0.2) is 0 Å². The van der Waals surface area contributed by atoms with Gasteiger partial charge in [-0.15, -0.1) is 0 Å². The molecule has 0 saturated carbocycles. The number of fused-ring (bicyclic) bond motifs is 1. The number of benzene rings is 2. The molecule has 2 aromatic carbocycles. The van der Waals surface area contributed by atoms with Gasteiger partial charge in [-0.05, 0) is 48.8 Å². The molecule has 0 spiro atoms. The fourth-order valence-corrected chi connectivity index (χ4v) is 3.61. The molecule has 4 heteroatoms. The minimum atomic E-state index is -0.728. The lowest BCUT2D eigenvalue weighted by molar-refractivity contribution is 0.183. The smallest absolute Gasteiger partial charge is 0.458 e. The standard InChI is InChI=1S/C23H27BO3/c1-4-17(3)19-13-14-24(26)27-23(19)12-9-16(2)15-18-10-11-22(25)21-8-6-5-7-20(18)21/h5-8,10-11,13,15,23,25-26H,3-4,9,12,14H2,1-2H3/b16-15+. The first-order valence-corrected chi connectivity index (χ1v) is 9.59. The van der Waals surface area contributed by atoms with Crippen molar-refractivity contribution in [1.82, 2.24) is 0 Å². The molecule has 140 valence electrons. The highest BCUT2D eigenvalue weighted by atomic mass is 16.5. The van der Waals surface area contributed by atoms with Crippen LogP contribution in [0, 0.1) is 0 Å². The Bertz CT molecular complexity index is 898. The Morgan fingerprint density at radius 2 is 2.00 bits per heavy atom. The molecule has 0 saturated heterocycles. The summed E-state index contributed by atoms with van der Waals surface area (Å²) in [7, 11) is -0.728. The summed E-state index contributed by atoms with van der Waals surface area (Å²) < 4.78 is 5.77. The van der Waals surface area contributed by atoms with Crippen LogP contribution in [0.25, 0.3) is 16.8 Å². The largest absolute Gasteiger partial charge is 0.507 e. The summed E-state index contributed by atoms with van der Waals surface area (Å²) >= 11 is 0. The quantitative estimate of drug-likeness (QED) is 0.667. The van der Waals surface area contributed by atoms with Crippen LogP contribution in [-0.2, 0) is 4.65 Å². The van der Waals surface area contributed by atoms with Crippen molar-refractivity contribution in [2.24, 2.45) is 0 Å². The molecule has 0 fully saturated rings. The summed E-state index contributed by atoms with van der Waals surface area (Å²) in [6, 6.07) is 11.6. The number of allylic oxidation sites excluding steroid dienone is 2. The monoisotopic (exact) mass is 362 g/mol. The zero-order valence-electron chi connectivity index (χ0n) is 16.1. The number of hydrogen-bond donors (Lipinski definition) is 2. The van der Waals surface area contributed by atoms with Gasteiger partial charge in [0.2, 0.25) is 0 Å². The lowest BCUT2D eigenvalue weighted by Crippen LogP contribution is -2.31. The highest BCUT2D eigenvalue weighted by molar-refractivity contribution is 6.43. The zero-order chi connectivity index (χ0) is 19.4. The SMILES string of the molecule is C=C(CC)C1=CCB(O)OC1CC/C(C)=C/c1ccc(O)c2ccccc12. The number of rotatable bonds is 6. The highest BCUT2D eigenvalue weighted by Gasteiger charge is 2.27. The minimum Gasteiger partial charge on any atom is -0.507 e. The Morgan fingerprint density at radius 1 is 1.26 bits per heavy atom. The summed E-state index contributed by atoms with van der Waals surface area (Å²) in [4.78, 5) is 0. The molecule has 0 radical (unpaired) electrons. The van der Waals surface area contributed by atoms with Crippen LogP contribution in [0.5, 0.6) is 5.75 Å².